The van der Waals surface area contributed by atoms with Crippen molar-refractivity contribution in [2.24, 2.45) is 0 Å². The molecule has 16 heavy (non-hydrogen) atoms. The summed E-state index contributed by atoms with van der Waals surface area (Å²) in [7, 11) is 8.99. The van der Waals surface area contributed by atoms with Gasteiger partial charge < -0.3 is 23.7 Å². The van der Waals surface area contributed by atoms with E-state index in [1.54, 1.807) is 28.4 Å². The van der Waals surface area contributed by atoms with Gasteiger partial charge in [-0.3, -0.25) is 0 Å². The highest BCUT2D eigenvalue weighted by Crippen LogP contribution is 2.05. The lowest BCUT2D eigenvalue weighted by atomic mass is 10.4. The van der Waals surface area contributed by atoms with Crippen molar-refractivity contribution < 1.29 is 28.5 Å². The van der Waals surface area contributed by atoms with Crippen molar-refractivity contribution in [3.8, 4) is 0 Å². The first-order chi connectivity index (χ1) is 7.34. The third-order valence-electron chi connectivity index (χ3n) is 1.32. The summed E-state index contributed by atoms with van der Waals surface area (Å²) in [6.07, 6.45) is -0.657. The smallest absolute Gasteiger partial charge is 0.438 e. The number of hydrogen-bond acceptors (Lipinski definition) is 6. The van der Waals surface area contributed by atoms with Gasteiger partial charge in [-0.25, -0.2) is 4.79 Å². The minimum absolute atomic E-state index is 0.417. The molecule has 0 aliphatic carbocycles. The molecular weight excluding hydrogens is 216 g/mol. The fourth-order valence-electron chi connectivity index (χ4n) is 0.167. The van der Waals surface area contributed by atoms with E-state index >= 15 is 0 Å². The normalized spacial score (nSPS) is 9.00. The van der Waals surface area contributed by atoms with Gasteiger partial charge in [0.1, 0.15) is 0 Å². The minimum Gasteiger partial charge on any atom is -0.438 e. The molecule has 0 aromatic carbocycles. The molecule has 0 saturated heterocycles. The molecule has 0 aliphatic rings. The Balaban J connectivity index is -0.000000172. The Morgan fingerprint density at radius 3 is 1.06 bits per heavy atom. The summed E-state index contributed by atoms with van der Waals surface area (Å²) in [4.78, 5) is 9.74. The maximum Gasteiger partial charge on any atom is 0.507 e. The van der Waals surface area contributed by atoms with Gasteiger partial charge in [-0.2, -0.15) is 0 Å². The van der Waals surface area contributed by atoms with Crippen molar-refractivity contribution in [3.63, 3.8) is 0 Å². The number of hydrogen-bond donors (Lipinski definition) is 0. The molecule has 0 spiro atoms. The van der Waals surface area contributed by atoms with Crippen LogP contribution in [0.25, 0.3) is 0 Å². The SMILES string of the molecule is COC.COC(=O)OC.COC(C)(C)OC. The predicted molar refractivity (Wildman–Crippen MR) is 60.4 cm³/mol. The Bertz CT molecular complexity index is 134. The third-order valence-corrected chi connectivity index (χ3v) is 1.32. The molecule has 0 bridgehead atoms. The molecule has 0 heterocycles. The lowest BCUT2D eigenvalue weighted by Gasteiger charge is -2.19. The molecule has 0 atom stereocenters. The van der Waals surface area contributed by atoms with Crippen LogP contribution in [0, 0.1) is 0 Å². The second-order valence-corrected chi connectivity index (χ2v) is 2.87. The zero-order chi connectivity index (χ0) is 13.6. The predicted octanol–water partition coefficient (Wildman–Crippen LogP) is 1.68. The number of rotatable bonds is 2. The van der Waals surface area contributed by atoms with E-state index in [1.807, 2.05) is 13.8 Å². The van der Waals surface area contributed by atoms with E-state index in [2.05, 4.69) is 14.2 Å². The van der Waals surface area contributed by atoms with E-state index in [4.69, 9.17) is 9.47 Å². The molecule has 0 radical (unpaired) electrons. The van der Waals surface area contributed by atoms with Crippen molar-refractivity contribution >= 4 is 6.16 Å². The van der Waals surface area contributed by atoms with Crippen LogP contribution in [0.15, 0.2) is 0 Å². The van der Waals surface area contributed by atoms with Gasteiger partial charge in [0.15, 0.2) is 5.79 Å². The third kappa shape index (κ3) is 23.2. The maximum atomic E-state index is 9.74. The van der Waals surface area contributed by atoms with Crippen LogP contribution in [0.1, 0.15) is 13.8 Å². The van der Waals surface area contributed by atoms with Gasteiger partial charge in [-0.05, 0) is 13.8 Å². The average molecular weight is 240 g/mol. The molecule has 6 heteroatoms. The van der Waals surface area contributed by atoms with Crippen molar-refractivity contribution in [2.45, 2.75) is 19.6 Å². The highest BCUT2D eigenvalue weighted by molar-refractivity contribution is 5.59. The lowest BCUT2D eigenvalue weighted by molar-refractivity contribution is -0.178. The molecule has 0 fully saturated rings. The standard InChI is InChI=1S/C5H12O2.C3H6O3.C2H6O/c1-5(2,6-3)7-4;1-5-3(4)6-2;1-3-2/h1-4H3;1-2H3;1-2H3. The van der Waals surface area contributed by atoms with E-state index in [9.17, 15) is 4.79 Å². The number of carbonyl (C=O) groups excluding carboxylic acids is 1. The van der Waals surface area contributed by atoms with E-state index in [-0.39, 0.29) is 0 Å². The van der Waals surface area contributed by atoms with E-state index in [0.29, 0.717) is 0 Å². The maximum absolute atomic E-state index is 9.74. The molecule has 0 aromatic rings. The van der Waals surface area contributed by atoms with Gasteiger partial charge in [0, 0.05) is 28.4 Å². The molecule has 6 nitrogen and oxygen atoms in total. The van der Waals surface area contributed by atoms with Gasteiger partial charge in [0.05, 0.1) is 14.2 Å². The summed E-state index contributed by atoms with van der Waals surface area (Å²) in [5.41, 5.74) is 0. The van der Waals surface area contributed by atoms with Gasteiger partial charge in [0.2, 0.25) is 0 Å². The molecule has 0 N–H and O–H groups in total. The van der Waals surface area contributed by atoms with Gasteiger partial charge >= 0.3 is 6.16 Å². The Morgan fingerprint density at radius 2 is 1.06 bits per heavy atom. The molecular formula is C10H24O6. The topological polar surface area (TPSA) is 63.2 Å². The van der Waals surface area contributed by atoms with Crippen LogP contribution in [0.2, 0.25) is 0 Å². The first kappa shape index (κ1) is 20.5. The molecule has 0 aliphatic heterocycles. The molecule has 0 unspecified atom stereocenters. The highest BCUT2D eigenvalue weighted by Gasteiger charge is 2.11. The van der Waals surface area contributed by atoms with Gasteiger partial charge in [0.25, 0.3) is 0 Å². The quantitative estimate of drug-likeness (QED) is 0.540. The lowest BCUT2D eigenvalue weighted by Crippen LogP contribution is -2.24. The molecule has 0 saturated carbocycles. The van der Waals surface area contributed by atoms with Crippen LogP contribution in [-0.2, 0) is 23.7 Å². The Kier molecular flexibility index (Phi) is 18.2. The fraction of sp³-hybridized carbons (Fsp3) is 0.900. The van der Waals surface area contributed by atoms with Crippen molar-refractivity contribution in [1.82, 2.24) is 0 Å². The summed E-state index contributed by atoms with van der Waals surface area (Å²) in [6.45, 7) is 3.71. The van der Waals surface area contributed by atoms with Crippen LogP contribution in [0.3, 0.4) is 0 Å². The van der Waals surface area contributed by atoms with Gasteiger partial charge in [-0.1, -0.05) is 0 Å². The van der Waals surface area contributed by atoms with Crippen LogP contribution in [-0.4, -0.2) is 54.6 Å². The molecule has 0 rings (SSSR count). The second-order valence-electron chi connectivity index (χ2n) is 2.87. The first-order valence-corrected chi connectivity index (χ1v) is 4.47. The summed E-state index contributed by atoms with van der Waals surface area (Å²) in [6, 6.07) is 0. The zero-order valence-corrected chi connectivity index (χ0v) is 11.4. The monoisotopic (exact) mass is 240 g/mol. The van der Waals surface area contributed by atoms with Crippen molar-refractivity contribution in [3.05, 3.63) is 0 Å². The van der Waals surface area contributed by atoms with E-state index in [1.165, 1.54) is 14.2 Å². The summed E-state index contributed by atoms with van der Waals surface area (Å²) in [5, 5.41) is 0. The molecule has 0 amide bonds. The summed E-state index contributed by atoms with van der Waals surface area (Å²) < 4.78 is 22.1. The van der Waals surface area contributed by atoms with Crippen LogP contribution < -0.4 is 0 Å². The first-order valence-electron chi connectivity index (χ1n) is 4.47. The number of methoxy groups -OCH3 is 5. The largest absolute Gasteiger partial charge is 0.507 e. The Morgan fingerprint density at radius 1 is 0.812 bits per heavy atom. The van der Waals surface area contributed by atoms with Crippen molar-refractivity contribution in [1.29, 1.82) is 0 Å². The second kappa shape index (κ2) is 14.2. The van der Waals surface area contributed by atoms with Gasteiger partial charge in [-0.15, -0.1) is 0 Å². The summed E-state index contributed by atoms with van der Waals surface area (Å²) >= 11 is 0. The average Bonchev–Trinajstić information content (AvgIpc) is 2.30. The Hall–Kier alpha value is -0.850. The van der Waals surface area contributed by atoms with E-state index in [0.717, 1.165) is 0 Å². The van der Waals surface area contributed by atoms with Crippen LogP contribution in [0.5, 0.6) is 0 Å². The molecule has 100 valence electrons. The Labute approximate surface area is 97.8 Å². The number of ether oxygens (including phenoxy) is 5. The van der Waals surface area contributed by atoms with E-state index < -0.39 is 11.9 Å². The van der Waals surface area contributed by atoms with Crippen molar-refractivity contribution in [2.75, 3.05) is 42.7 Å². The van der Waals surface area contributed by atoms with Crippen LogP contribution in [0.4, 0.5) is 4.79 Å². The number of carbonyl (C=O) groups is 1. The molecule has 0 aromatic heterocycles. The summed E-state index contributed by atoms with van der Waals surface area (Å²) in [5.74, 6) is -0.417. The minimum atomic E-state index is -0.657. The van der Waals surface area contributed by atoms with Crippen LogP contribution >= 0.6 is 0 Å². The zero-order valence-electron chi connectivity index (χ0n) is 11.4. The highest BCUT2D eigenvalue weighted by atomic mass is 16.7. The fourth-order valence-corrected chi connectivity index (χ4v) is 0.167.